The molecule has 1 saturated heterocycles. The van der Waals surface area contributed by atoms with E-state index < -0.39 is 5.51 Å². The smallest absolute Gasteiger partial charge is 0.308 e. The summed E-state index contributed by atoms with van der Waals surface area (Å²) in [5, 5.41) is 3.73. The molecule has 20 heavy (non-hydrogen) atoms. The largest absolute Gasteiger partial charge is 0.441 e. The Labute approximate surface area is 122 Å². The van der Waals surface area contributed by atoms with Crippen LogP contribution in [0.4, 0.5) is 13.2 Å². The fraction of sp³-hybridized carbons (Fsp3) is 1.00. The number of alkyl halides is 3. The summed E-state index contributed by atoms with van der Waals surface area (Å²) >= 11 is 0.130. The summed E-state index contributed by atoms with van der Waals surface area (Å²) in [5.74, 6) is 0.889. The van der Waals surface area contributed by atoms with Crippen molar-refractivity contribution in [1.29, 1.82) is 0 Å². The molecule has 1 N–H and O–H groups in total. The molecule has 3 rings (SSSR count). The second kappa shape index (κ2) is 5.69. The van der Waals surface area contributed by atoms with Crippen molar-refractivity contribution in [3.05, 3.63) is 0 Å². The minimum Gasteiger partial charge on any atom is -0.308 e. The maximum atomic E-state index is 12.3. The van der Waals surface area contributed by atoms with Gasteiger partial charge in [-0.05, 0) is 43.4 Å². The van der Waals surface area contributed by atoms with Crippen LogP contribution in [0.1, 0.15) is 38.5 Å². The van der Waals surface area contributed by atoms with Gasteiger partial charge in [0.2, 0.25) is 0 Å². The van der Waals surface area contributed by atoms with Gasteiger partial charge in [-0.3, -0.25) is 4.90 Å². The first-order valence-electron chi connectivity index (χ1n) is 7.67. The topological polar surface area (TPSA) is 15.3 Å². The van der Waals surface area contributed by atoms with Gasteiger partial charge in [-0.25, -0.2) is 0 Å². The molecule has 1 spiro atoms. The van der Waals surface area contributed by atoms with Crippen molar-refractivity contribution in [2.75, 3.05) is 25.4 Å². The predicted octanol–water partition coefficient (Wildman–Crippen LogP) is 3.24. The molecule has 2 aliphatic carbocycles. The average molecular weight is 308 g/mol. The van der Waals surface area contributed by atoms with Crippen LogP contribution in [-0.4, -0.2) is 47.4 Å². The van der Waals surface area contributed by atoms with Crippen LogP contribution in [0.3, 0.4) is 0 Å². The van der Waals surface area contributed by atoms with Crippen molar-refractivity contribution in [2.24, 2.45) is 5.92 Å². The molecule has 2 nitrogen and oxygen atoms in total. The van der Waals surface area contributed by atoms with Crippen LogP contribution >= 0.6 is 11.8 Å². The summed E-state index contributed by atoms with van der Waals surface area (Å²) in [5.41, 5.74) is -3.89. The fourth-order valence-electron chi connectivity index (χ4n) is 3.87. The second-order valence-corrected chi connectivity index (χ2v) is 7.70. The summed E-state index contributed by atoms with van der Waals surface area (Å²) in [6, 6.07) is 0.468. The first kappa shape index (κ1) is 15.0. The Kier molecular flexibility index (Phi) is 4.26. The Morgan fingerprint density at radius 1 is 1.20 bits per heavy atom. The zero-order chi connectivity index (χ0) is 14.2. The average Bonchev–Trinajstić information content (AvgIpc) is 3.10. The zero-order valence-electron chi connectivity index (χ0n) is 11.7. The number of hydrogen-bond donors (Lipinski definition) is 1. The third-order valence-electron chi connectivity index (χ3n) is 5.03. The van der Waals surface area contributed by atoms with E-state index in [0.717, 1.165) is 19.0 Å². The lowest BCUT2D eigenvalue weighted by atomic mass is 9.91. The molecule has 1 heterocycles. The fourth-order valence-corrected chi connectivity index (χ4v) is 4.43. The van der Waals surface area contributed by atoms with Crippen LogP contribution in [-0.2, 0) is 0 Å². The molecule has 1 unspecified atom stereocenters. The SMILES string of the molecule is FC(F)(F)SCCN1CC2(CCCC2)NCC1C1CC1. The number of hydrogen-bond acceptors (Lipinski definition) is 3. The number of thioether (sulfide) groups is 1. The standard InChI is InChI=1S/C14H23F3N2S/c15-14(16,17)20-8-7-19-10-13(5-1-2-6-13)18-9-12(19)11-3-4-11/h11-12,18H,1-10H2. The van der Waals surface area contributed by atoms with Gasteiger partial charge in [0.25, 0.3) is 0 Å². The van der Waals surface area contributed by atoms with E-state index in [1.807, 2.05) is 0 Å². The Bertz CT molecular complexity index is 338. The van der Waals surface area contributed by atoms with Crippen molar-refractivity contribution < 1.29 is 13.2 Å². The molecule has 116 valence electrons. The molecular weight excluding hydrogens is 285 g/mol. The Balaban J connectivity index is 1.57. The number of rotatable bonds is 4. The molecule has 0 aromatic heterocycles. The van der Waals surface area contributed by atoms with Gasteiger partial charge in [-0.15, -0.1) is 0 Å². The molecule has 0 bridgehead atoms. The Hall–Kier alpha value is 0.0600. The Morgan fingerprint density at radius 2 is 1.90 bits per heavy atom. The molecule has 6 heteroatoms. The van der Waals surface area contributed by atoms with Gasteiger partial charge in [-0.2, -0.15) is 13.2 Å². The van der Waals surface area contributed by atoms with E-state index in [1.165, 1.54) is 38.5 Å². The highest BCUT2D eigenvalue weighted by Gasteiger charge is 2.45. The highest BCUT2D eigenvalue weighted by Crippen LogP contribution is 2.41. The van der Waals surface area contributed by atoms with Gasteiger partial charge in [0.1, 0.15) is 0 Å². The third kappa shape index (κ3) is 3.63. The van der Waals surface area contributed by atoms with Gasteiger partial charge in [0.05, 0.1) is 0 Å². The monoisotopic (exact) mass is 308 g/mol. The summed E-state index contributed by atoms with van der Waals surface area (Å²) in [4.78, 5) is 2.36. The van der Waals surface area contributed by atoms with E-state index in [0.29, 0.717) is 12.6 Å². The number of nitrogens with one attached hydrogen (secondary N) is 1. The van der Waals surface area contributed by atoms with Crippen LogP contribution in [0, 0.1) is 5.92 Å². The summed E-state index contributed by atoms with van der Waals surface area (Å²) in [7, 11) is 0. The van der Waals surface area contributed by atoms with E-state index in [-0.39, 0.29) is 23.1 Å². The highest BCUT2D eigenvalue weighted by molar-refractivity contribution is 8.00. The van der Waals surface area contributed by atoms with E-state index in [1.54, 1.807) is 0 Å². The van der Waals surface area contributed by atoms with E-state index >= 15 is 0 Å². The van der Waals surface area contributed by atoms with Crippen LogP contribution in [0.25, 0.3) is 0 Å². The molecular formula is C14H23F3N2S. The lowest BCUT2D eigenvalue weighted by Crippen LogP contribution is -2.64. The van der Waals surface area contributed by atoms with Gasteiger partial charge in [0.15, 0.2) is 0 Å². The number of nitrogens with zero attached hydrogens (tertiary/aromatic N) is 1. The van der Waals surface area contributed by atoms with Crippen molar-refractivity contribution in [2.45, 2.75) is 55.6 Å². The molecule has 1 aliphatic heterocycles. The normalized spacial score (nSPS) is 31.1. The molecule has 2 saturated carbocycles. The van der Waals surface area contributed by atoms with Gasteiger partial charge in [-0.1, -0.05) is 12.8 Å². The molecule has 1 atom stereocenters. The van der Waals surface area contributed by atoms with Crippen molar-refractivity contribution in [3.63, 3.8) is 0 Å². The van der Waals surface area contributed by atoms with Gasteiger partial charge in [0, 0.05) is 37.0 Å². The van der Waals surface area contributed by atoms with E-state index in [9.17, 15) is 13.2 Å². The summed E-state index contributed by atoms with van der Waals surface area (Å²) < 4.78 is 36.9. The number of halogens is 3. The van der Waals surface area contributed by atoms with Crippen molar-refractivity contribution in [3.8, 4) is 0 Å². The lowest BCUT2D eigenvalue weighted by Gasteiger charge is -2.46. The molecule has 0 radical (unpaired) electrons. The van der Waals surface area contributed by atoms with E-state index in [4.69, 9.17) is 0 Å². The van der Waals surface area contributed by atoms with Crippen LogP contribution in [0.5, 0.6) is 0 Å². The molecule has 0 aromatic carbocycles. The van der Waals surface area contributed by atoms with Crippen molar-refractivity contribution in [1.82, 2.24) is 10.2 Å². The molecule has 3 aliphatic rings. The lowest BCUT2D eigenvalue weighted by molar-refractivity contribution is -0.0330. The first-order chi connectivity index (χ1) is 9.48. The van der Waals surface area contributed by atoms with Crippen LogP contribution < -0.4 is 5.32 Å². The maximum Gasteiger partial charge on any atom is 0.441 e. The summed E-state index contributed by atoms with van der Waals surface area (Å²) in [6.45, 7) is 2.50. The third-order valence-corrected chi connectivity index (χ3v) is 5.75. The van der Waals surface area contributed by atoms with E-state index in [2.05, 4.69) is 10.2 Å². The van der Waals surface area contributed by atoms with Crippen LogP contribution in [0.15, 0.2) is 0 Å². The molecule has 0 aromatic rings. The second-order valence-electron chi connectivity index (χ2n) is 6.54. The predicted molar refractivity (Wildman–Crippen MR) is 75.8 cm³/mol. The Morgan fingerprint density at radius 3 is 2.50 bits per heavy atom. The highest BCUT2D eigenvalue weighted by atomic mass is 32.2. The van der Waals surface area contributed by atoms with Crippen LogP contribution in [0.2, 0.25) is 0 Å². The minimum absolute atomic E-state index is 0.130. The van der Waals surface area contributed by atoms with Crippen molar-refractivity contribution >= 4 is 11.8 Å². The summed E-state index contributed by atoms with van der Waals surface area (Å²) in [6.07, 6.45) is 7.39. The number of piperazine rings is 1. The first-order valence-corrected chi connectivity index (χ1v) is 8.66. The maximum absolute atomic E-state index is 12.3. The quantitative estimate of drug-likeness (QED) is 0.858. The molecule has 0 amide bonds. The molecule has 3 fully saturated rings. The zero-order valence-corrected chi connectivity index (χ0v) is 12.5. The van der Waals surface area contributed by atoms with Gasteiger partial charge >= 0.3 is 5.51 Å². The van der Waals surface area contributed by atoms with Gasteiger partial charge < -0.3 is 5.32 Å². The minimum atomic E-state index is -4.09.